The maximum absolute atomic E-state index is 5.31. The third kappa shape index (κ3) is 2.44. The summed E-state index contributed by atoms with van der Waals surface area (Å²) in [4.78, 5) is 9.88. The molecule has 16 heavy (non-hydrogen) atoms. The lowest BCUT2D eigenvalue weighted by atomic mass is 10.3. The number of aromatic nitrogens is 2. The van der Waals surface area contributed by atoms with Crippen molar-refractivity contribution in [3.63, 3.8) is 0 Å². The summed E-state index contributed by atoms with van der Waals surface area (Å²) < 4.78 is 6.84. The minimum absolute atomic E-state index is 0.622. The van der Waals surface area contributed by atoms with Gasteiger partial charge in [-0.05, 0) is 22.4 Å². The maximum Gasteiger partial charge on any atom is 0.204 e. The van der Waals surface area contributed by atoms with E-state index in [1.54, 1.807) is 0 Å². The standard InChI is InChI=1S/C10H14BrN3OS/c1-2-7-8(11)9(16)13-10(12-7)14-3-5-15-6-4-14/h2-6H2,1H3,(H,12,13,16). The molecule has 2 rings (SSSR count). The second-order valence-corrected chi connectivity index (χ2v) is 4.79. The summed E-state index contributed by atoms with van der Waals surface area (Å²) in [6, 6.07) is 0. The molecule has 88 valence electrons. The zero-order chi connectivity index (χ0) is 11.5. The Morgan fingerprint density at radius 2 is 2.19 bits per heavy atom. The van der Waals surface area contributed by atoms with Crippen molar-refractivity contribution in [2.24, 2.45) is 0 Å². The highest BCUT2D eigenvalue weighted by atomic mass is 79.9. The van der Waals surface area contributed by atoms with Crippen LogP contribution in [0.5, 0.6) is 0 Å². The Morgan fingerprint density at radius 1 is 1.50 bits per heavy atom. The van der Waals surface area contributed by atoms with Crippen LogP contribution in [-0.2, 0) is 11.2 Å². The predicted octanol–water partition coefficient (Wildman–Crippen LogP) is 2.30. The van der Waals surface area contributed by atoms with Gasteiger partial charge in [-0.3, -0.25) is 0 Å². The van der Waals surface area contributed by atoms with Crippen LogP contribution in [0.15, 0.2) is 4.47 Å². The zero-order valence-corrected chi connectivity index (χ0v) is 11.5. The van der Waals surface area contributed by atoms with Gasteiger partial charge in [0.05, 0.1) is 17.7 Å². The molecule has 0 bridgehead atoms. The van der Waals surface area contributed by atoms with Crippen LogP contribution in [0.4, 0.5) is 5.95 Å². The van der Waals surface area contributed by atoms with Gasteiger partial charge in [0.15, 0.2) is 0 Å². The van der Waals surface area contributed by atoms with Gasteiger partial charge in [0.2, 0.25) is 5.95 Å². The zero-order valence-electron chi connectivity index (χ0n) is 9.12. The third-order valence-corrected chi connectivity index (χ3v) is 4.00. The number of H-pyrrole nitrogens is 1. The van der Waals surface area contributed by atoms with Crippen LogP contribution in [0.2, 0.25) is 0 Å². The first kappa shape index (κ1) is 12.0. The van der Waals surface area contributed by atoms with Crippen LogP contribution < -0.4 is 4.90 Å². The summed E-state index contributed by atoms with van der Waals surface area (Å²) in [7, 11) is 0. The van der Waals surface area contributed by atoms with Crippen LogP contribution in [0.3, 0.4) is 0 Å². The average Bonchev–Trinajstić information content (AvgIpc) is 2.33. The molecule has 0 radical (unpaired) electrons. The summed E-state index contributed by atoms with van der Waals surface area (Å²) in [5.41, 5.74) is 1.10. The molecule has 0 atom stereocenters. The Morgan fingerprint density at radius 3 is 2.81 bits per heavy atom. The van der Waals surface area contributed by atoms with Gasteiger partial charge in [0, 0.05) is 18.8 Å². The minimum atomic E-state index is 0.622. The number of aryl methyl sites for hydroxylation is 1. The van der Waals surface area contributed by atoms with E-state index < -0.39 is 0 Å². The lowest BCUT2D eigenvalue weighted by Crippen LogP contribution is -2.37. The van der Waals surface area contributed by atoms with Gasteiger partial charge in [-0.25, -0.2) is 4.98 Å². The van der Waals surface area contributed by atoms with Crippen molar-refractivity contribution in [3.05, 3.63) is 14.8 Å². The van der Waals surface area contributed by atoms with Crippen LogP contribution in [0, 0.1) is 4.64 Å². The van der Waals surface area contributed by atoms with Crippen molar-refractivity contribution in [2.75, 3.05) is 31.2 Å². The van der Waals surface area contributed by atoms with Crippen LogP contribution >= 0.6 is 28.1 Å². The van der Waals surface area contributed by atoms with Crippen molar-refractivity contribution in [2.45, 2.75) is 13.3 Å². The fourth-order valence-corrected chi connectivity index (χ4v) is 2.34. The Kier molecular flexibility index (Phi) is 3.94. The molecule has 0 spiro atoms. The largest absolute Gasteiger partial charge is 0.378 e. The van der Waals surface area contributed by atoms with Crippen molar-refractivity contribution >= 4 is 34.1 Å². The quantitative estimate of drug-likeness (QED) is 0.851. The number of halogens is 1. The second kappa shape index (κ2) is 5.25. The van der Waals surface area contributed by atoms with E-state index in [2.05, 4.69) is 37.7 Å². The number of nitrogens with zero attached hydrogens (tertiary/aromatic N) is 2. The van der Waals surface area contributed by atoms with E-state index in [0.29, 0.717) is 4.64 Å². The molecule has 1 aliphatic rings. The van der Waals surface area contributed by atoms with E-state index in [1.165, 1.54) is 0 Å². The van der Waals surface area contributed by atoms with Gasteiger partial charge in [-0.15, -0.1) is 0 Å². The van der Waals surface area contributed by atoms with Crippen molar-refractivity contribution in [1.29, 1.82) is 0 Å². The lowest BCUT2D eigenvalue weighted by molar-refractivity contribution is 0.122. The second-order valence-electron chi connectivity index (χ2n) is 3.61. The van der Waals surface area contributed by atoms with Gasteiger partial charge in [0.1, 0.15) is 4.64 Å². The molecular formula is C10H14BrN3OS. The number of rotatable bonds is 2. The summed E-state index contributed by atoms with van der Waals surface area (Å²) in [5.74, 6) is 0.855. The number of anilines is 1. The molecule has 0 aliphatic carbocycles. The van der Waals surface area contributed by atoms with E-state index in [1.807, 2.05) is 0 Å². The highest BCUT2D eigenvalue weighted by Crippen LogP contribution is 2.20. The topological polar surface area (TPSA) is 41.2 Å². The van der Waals surface area contributed by atoms with Gasteiger partial charge in [-0.2, -0.15) is 0 Å². The fraction of sp³-hybridized carbons (Fsp3) is 0.600. The summed E-state index contributed by atoms with van der Waals surface area (Å²) in [5, 5.41) is 0. The van der Waals surface area contributed by atoms with E-state index in [0.717, 1.165) is 48.8 Å². The van der Waals surface area contributed by atoms with Crippen molar-refractivity contribution < 1.29 is 4.74 Å². The van der Waals surface area contributed by atoms with E-state index in [-0.39, 0.29) is 0 Å². The van der Waals surface area contributed by atoms with Gasteiger partial charge in [-0.1, -0.05) is 19.1 Å². The number of morpholine rings is 1. The van der Waals surface area contributed by atoms with Crippen LogP contribution in [-0.4, -0.2) is 36.3 Å². The molecule has 0 aromatic carbocycles. The molecule has 1 aromatic heterocycles. The predicted molar refractivity (Wildman–Crippen MR) is 69.5 cm³/mol. The number of ether oxygens (including phenoxy) is 1. The maximum atomic E-state index is 5.31. The van der Waals surface area contributed by atoms with Crippen molar-refractivity contribution in [3.8, 4) is 0 Å². The smallest absolute Gasteiger partial charge is 0.204 e. The van der Waals surface area contributed by atoms with E-state index >= 15 is 0 Å². The monoisotopic (exact) mass is 303 g/mol. The molecule has 6 heteroatoms. The normalized spacial score (nSPS) is 16.5. The molecular weight excluding hydrogens is 290 g/mol. The van der Waals surface area contributed by atoms with Crippen LogP contribution in [0.25, 0.3) is 0 Å². The Bertz CT molecular complexity index is 429. The molecule has 0 amide bonds. The highest BCUT2D eigenvalue weighted by molar-refractivity contribution is 9.10. The molecule has 2 heterocycles. The Hall–Kier alpha value is -0.460. The fourth-order valence-electron chi connectivity index (χ4n) is 1.66. The molecule has 1 fully saturated rings. The van der Waals surface area contributed by atoms with Gasteiger partial charge >= 0.3 is 0 Å². The van der Waals surface area contributed by atoms with Crippen molar-refractivity contribution in [1.82, 2.24) is 9.97 Å². The number of hydrogen-bond acceptors (Lipinski definition) is 4. The summed E-state index contributed by atoms with van der Waals surface area (Å²) in [6.45, 7) is 5.32. The average molecular weight is 304 g/mol. The first-order valence-corrected chi connectivity index (χ1v) is 6.54. The minimum Gasteiger partial charge on any atom is -0.378 e. The molecule has 1 N–H and O–H groups in total. The Labute approximate surface area is 108 Å². The van der Waals surface area contributed by atoms with E-state index in [4.69, 9.17) is 17.0 Å². The summed E-state index contributed by atoms with van der Waals surface area (Å²) in [6.07, 6.45) is 0.907. The number of aromatic amines is 1. The summed E-state index contributed by atoms with van der Waals surface area (Å²) >= 11 is 8.69. The first-order chi connectivity index (χ1) is 7.72. The Balaban J connectivity index is 2.33. The number of hydrogen-bond donors (Lipinski definition) is 1. The SMILES string of the molecule is CCc1[nH]c(N2CCOCC2)nc(=S)c1Br. The molecule has 1 saturated heterocycles. The molecule has 1 aliphatic heterocycles. The third-order valence-electron chi connectivity index (χ3n) is 2.59. The molecule has 0 unspecified atom stereocenters. The van der Waals surface area contributed by atoms with Crippen LogP contribution in [0.1, 0.15) is 12.6 Å². The number of nitrogens with one attached hydrogen (secondary N) is 1. The molecule has 0 saturated carbocycles. The lowest BCUT2D eigenvalue weighted by Gasteiger charge is -2.27. The van der Waals surface area contributed by atoms with E-state index in [9.17, 15) is 0 Å². The molecule has 1 aromatic rings. The highest BCUT2D eigenvalue weighted by Gasteiger charge is 2.14. The molecule has 4 nitrogen and oxygen atoms in total. The first-order valence-electron chi connectivity index (χ1n) is 5.33. The van der Waals surface area contributed by atoms with Gasteiger partial charge in [0.25, 0.3) is 0 Å². The van der Waals surface area contributed by atoms with Gasteiger partial charge < -0.3 is 14.6 Å².